The average molecular weight is 458 g/mol. The van der Waals surface area contributed by atoms with Gasteiger partial charge in [-0.25, -0.2) is 0 Å². The zero-order valence-corrected chi connectivity index (χ0v) is 18.9. The van der Waals surface area contributed by atoms with Crippen LogP contribution in [0.1, 0.15) is 71.4 Å². The van der Waals surface area contributed by atoms with Crippen molar-refractivity contribution in [3.05, 3.63) is 17.8 Å². The van der Waals surface area contributed by atoms with Crippen LogP contribution in [-0.2, 0) is 23.8 Å². The van der Waals surface area contributed by atoms with Crippen molar-refractivity contribution in [2.45, 2.75) is 89.8 Å². The first kappa shape index (κ1) is 25.1. The molecule has 0 aliphatic carbocycles. The molecule has 4 atom stereocenters. The van der Waals surface area contributed by atoms with Crippen molar-refractivity contribution >= 4 is 24.3 Å². The Morgan fingerprint density at radius 2 is 1.81 bits per heavy atom. The lowest BCUT2D eigenvalue weighted by Crippen LogP contribution is -2.40. The van der Waals surface area contributed by atoms with Crippen molar-refractivity contribution < 1.29 is 28.5 Å². The van der Waals surface area contributed by atoms with E-state index in [4.69, 9.17) is 24.4 Å². The number of rotatable bonds is 11. The highest BCUT2D eigenvalue weighted by atomic mass is 35.5. The highest BCUT2D eigenvalue weighted by Crippen LogP contribution is 2.40. The Kier molecular flexibility index (Phi) is 9.77. The molecule has 174 valence electrons. The molecule has 0 radical (unpaired) electrons. The minimum atomic E-state index is -0.719. The van der Waals surface area contributed by atoms with E-state index < -0.39 is 24.5 Å². The smallest absolute Gasteiger partial charge is 0.306 e. The fraction of sp³-hybridized carbons (Fsp3) is 0.714. The number of unbranched alkanes of at least 4 members (excludes halogenated alkanes) is 4. The summed E-state index contributed by atoms with van der Waals surface area (Å²) in [6, 6.07) is 1.78. The molecule has 0 aromatic carbocycles. The third-order valence-electron chi connectivity index (χ3n) is 5.28. The number of nitrogens with zero attached hydrogens (tertiary/aromatic N) is 2. The van der Waals surface area contributed by atoms with E-state index in [9.17, 15) is 9.59 Å². The summed E-state index contributed by atoms with van der Waals surface area (Å²) >= 11 is 0. The molecule has 0 saturated carbocycles. The maximum Gasteiger partial charge on any atom is 0.306 e. The average Bonchev–Trinajstić information content (AvgIpc) is 3.22. The largest absolute Gasteiger partial charge is 0.463 e. The predicted octanol–water partition coefficient (Wildman–Crippen LogP) is 3.06. The van der Waals surface area contributed by atoms with Crippen LogP contribution in [0.15, 0.2) is 12.3 Å². The van der Waals surface area contributed by atoms with Crippen LogP contribution in [0.25, 0.3) is 0 Å². The van der Waals surface area contributed by atoms with E-state index in [1.54, 1.807) is 10.8 Å². The highest BCUT2D eigenvalue weighted by molar-refractivity contribution is 5.85. The summed E-state index contributed by atoms with van der Waals surface area (Å²) in [5.74, 6) is -0.609. The molecule has 2 aliphatic rings. The van der Waals surface area contributed by atoms with Gasteiger partial charge in [-0.15, -0.1) is 12.4 Å². The maximum absolute atomic E-state index is 12.4. The molecule has 9 nitrogen and oxygen atoms in total. The third kappa shape index (κ3) is 6.43. The van der Waals surface area contributed by atoms with Crippen molar-refractivity contribution in [1.29, 1.82) is 5.41 Å². The molecule has 1 aromatic rings. The van der Waals surface area contributed by atoms with Crippen molar-refractivity contribution in [3.8, 4) is 6.01 Å². The maximum atomic E-state index is 12.4. The topological polar surface area (TPSA) is 113 Å². The van der Waals surface area contributed by atoms with Crippen LogP contribution in [0.5, 0.6) is 6.01 Å². The van der Waals surface area contributed by atoms with Gasteiger partial charge in [0.15, 0.2) is 23.9 Å². The number of halogens is 1. The van der Waals surface area contributed by atoms with E-state index >= 15 is 0 Å². The molecule has 10 heteroatoms. The Balaban J connectivity index is 0.00000341. The summed E-state index contributed by atoms with van der Waals surface area (Å²) in [4.78, 5) is 28.4. The van der Waals surface area contributed by atoms with Gasteiger partial charge in [0.05, 0.1) is 0 Å². The third-order valence-corrected chi connectivity index (χ3v) is 5.28. The molecule has 0 bridgehead atoms. The molecule has 3 rings (SSSR count). The van der Waals surface area contributed by atoms with Gasteiger partial charge in [-0.3, -0.25) is 19.6 Å². The first-order valence-corrected chi connectivity index (χ1v) is 10.8. The first-order valence-electron chi connectivity index (χ1n) is 10.8. The van der Waals surface area contributed by atoms with Gasteiger partial charge in [0.1, 0.15) is 12.7 Å². The van der Waals surface area contributed by atoms with Gasteiger partial charge in [0.2, 0.25) is 0 Å². The van der Waals surface area contributed by atoms with Crippen LogP contribution in [0.4, 0.5) is 0 Å². The summed E-state index contributed by atoms with van der Waals surface area (Å²) in [7, 11) is 0. The number of hydrogen-bond donors (Lipinski definition) is 1. The molecule has 1 saturated heterocycles. The number of carbonyl (C=O) groups excluding carboxylic acids is 2. The van der Waals surface area contributed by atoms with Gasteiger partial charge in [-0.2, -0.15) is 4.98 Å². The molecule has 31 heavy (non-hydrogen) atoms. The van der Waals surface area contributed by atoms with E-state index in [2.05, 4.69) is 18.8 Å². The van der Waals surface area contributed by atoms with Crippen LogP contribution in [-0.4, -0.2) is 46.4 Å². The second kappa shape index (κ2) is 12.0. The predicted molar refractivity (Wildman–Crippen MR) is 113 cm³/mol. The number of fused-ring (bicyclic) bond motifs is 3. The molecule has 0 unspecified atom stereocenters. The van der Waals surface area contributed by atoms with Crippen molar-refractivity contribution in [1.82, 2.24) is 9.55 Å². The molecule has 3 heterocycles. The van der Waals surface area contributed by atoms with Gasteiger partial charge in [-0.05, 0) is 18.9 Å². The molecule has 0 spiro atoms. The molecule has 2 aliphatic heterocycles. The molecular weight excluding hydrogens is 426 g/mol. The van der Waals surface area contributed by atoms with Gasteiger partial charge in [0, 0.05) is 19.0 Å². The SMILES string of the molecule is CCCCCC(=O)OC[C@H]1O[C@@H]2[C@@H](Oc3nc(=N)ccn32)[C@@H]1OC(=O)CCCCC.Cl. The minimum absolute atomic E-state index is 0. The van der Waals surface area contributed by atoms with Gasteiger partial charge < -0.3 is 18.9 Å². The van der Waals surface area contributed by atoms with Crippen LogP contribution in [0.3, 0.4) is 0 Å². The molecule has 1 fully saturated rings. The number of ether oxygens (including phenoxy) is 4. The Morgan fingerprint density at radius 1 is 1.13 bits per heavy atom. The van der Waals surface area contributed by atoms with Gasteiger partial charge >= 0.3 is 17.9 Å². The molecule has 0 amide bonds. The monoisotopic (exact) mass is 457 g/mol. The number of esters is 2. The number of hydrogen-bond acceptors (Lipinski definition) is 8. The van der Waals surface area contributed by atoms with Gasteiger partial charge in [0.25, 0.3) is 0 Å². The lowest BCUT2D eigenvalue weighted by atomic mass is 10.1. The van der Waals surface area contributed by atoms with Crippen molar-refractivity contribution in [2.75, 3.05) is 6.61 Å². The van der Waals surface area contributed by atoms with Crippen molar-refractivity contribution in [2.24, 2.45) is 0 Å². The number of aromatic nitrogens is 2. The minimum Gasteiger partial charge on any atom is -0.463 e. The zero-order valence-electron chi connectivity index (χ0n) is 18.1. The second-order valence-electron chi connectivity index (χ2n) is 7.70. The Hall–Kier alpha value is -2.13. The van der Waals surface area contributed by atoms with Crippen molar-refractivity contribution in [3.63, 3.8) is 0 Å². The molecule has 1 aromatic heterocycles. The molecular formula is C21H32ClN3O6. The quantitative estimate of drug-likeness (QED) is 0.401. The summed E-state index contributed by atoms with van der Waals surface area (Å²) in [5, 5.41) is 7.66. The van der Waals surface area contributed by atoms with Crippen LogP contribution >= 0.6 is 12.4 Å². The first-order chi connectivity index (χ1) is 14.5. The lowest BCUT2D eigenvalue weighted by molar-refractivity contribution is -0.160. The Labute approximate surface area is 188 Å². The van der Waals surface area contributed by atoms with Crippen LogP contribution < -0.4 is 10.2 Å². The summed E-state index contributed by atoms with van der Waals surface area (Å²) in [6.07, 6.45) is 5.36. The fourth-order valence-corrected chi connectivity index (χ4v) is 3.65. The normalized spacial score (nSPS) is 23.3. The van der Waals surface area contributed by atoms with E-state index in [0.717, 1.165) is 38.5 Å². The van der Waals surface area contributed by atoms with Gasteiger partial charge in [-0.1, -0.05) is 39.5 Å². The Morgan fingerprint density at radius 3 is 2.48 bits per heavy atom. The number of carbonyl (C=O) groups is 2. The van der Waals surface area contributed by atoms with Crippen LogP contribution in [0, 0.1) is 5.41 Å². The number of nitrogens with one attached hydrogen (secondary N) is 1. The highest BCUT2D eigenvalue weighted by Gasteiger charge is 2.54. The van der Waals surface area contributed by atoms with E-state index in [1.807, 2.05) is 0 Å². The summed E-state index contributed by atoms with van der Waals surface area (Å²) < 4.78 is 24.7. The van der Waals surface area contributed by atoms with E-state index in [1.165, 1.54) is 6.07 Å². The molecule has 1 N–H and O–H groups in total. The van der Waals surface area contributed by atoms with E-state index in [0.29, 0.717) is 12.8 Å². The van der Waals surface area contributed by atoms with E-state index in [-0.39, 0.29) is 42.5 Å². The lowest BCUT2D eigenvalue weighted by Gasteiger charge is -2.22. The zero-order chi connectivity index (χ0) is 21.5. The second-order valence-corrected chi connectivity index (χ2v) is 7.70. The van der Waals surface area contributed by atoms with Crippen LogP contribution in [0.2, 0.25) is 0 Å². The standard InChI is InChI=1S/C21H31N3O6.ClH/c1-3-5-7-9-16(25)27-13-14-18(29-17(26)10-8-6-4-2)19-20(28-14)24-12-11-15(22)23-21(24)30-19;/h11-12,14,18-20,22H,3-10,13H2,1-2H3;1H/t14-,18-,19+,20-;/m1./s1. The Bertz CT molecular complexity index is 802. The summed E-state index contributed by atoms with van der Waals surface area (Å²) in [5.41, 5.74) is 0.0758. The summed E-state index contributed by atoms with van der Waals surface area (Å²) in [6.45, 7) is 4.14. The fourth-order valence-electron chi connectivity index (χ4n) is 3.65.